The molecule has 42 heavy (non-hydrogen) atoms. The summed E-state index contributed by atoms with van der Waals surface area (Å²) in [4.78, 5) is 1.38. The molecule has 6 atom stereocenters. The Morgan fingerprint density at radius 3 is 2.40 bits per heavy atom. The second-order valence-corrected chi connectivity index (χ2v) is 14.4. The fourth-order valence-electron chi connectivity index (χ4n) is 6.86. The van der Waals surface area contributed by atoms with Crippen LogP contribution in [0.5, 0.6) is 0 Å². The lowest BCUT2D eigenvalue weighted by atomic mass is 9.66. The number of hydrogen-bond acceptors (Lipinski definition) is 3. The Morgan fingerprint density at radius 1 is 1.10 bits per heavy atom. The first-order chi connectivity index (χ1) is 19.9. The molecular weight excluding hydrogens is 596 g/mol. The van der Waals surface area contributed by atoms with E-state index < -0.39 is 10.1 Å². The third-order valence-electron chi connectivity index (χ3n) is 8.95. The van der Waals surface area contributed by atoms with E-state index in [1.807, 2.05) is 31.2 Å². The van der Waals surface area contributed by atoms with Crippen molar-refractivity contribution in [1.82, 2.24) is 0 Å². The van der Waals surface area contributed by atoms with Crippen LogP contribution in [0.4, 0.5) is 4.39 Å². The quantitative estimate of drug-likeness (QED) is 0.223. The molecule has 9 heteroatoms. The van der Waals surface area contributed by atoms with Crippen molar-refractivity contribution in [3.63, 3.8) is 0 Å². The van der Waals surface area contributed by atoms with Crippen LogP contribution in [-0.4, -0.2) is 31.8 Å². The highest BCUT2D eigenvalue weighted by Crippen LogP contribution is 2.49. The van der Waals surface area contributed by atoms with E-state index in [0.717, 1.165) is 35.6 Å². The van der Waals surface area contributed by atoms with Gasteiger partial charge >= 0.3 is 0 Å². The number of hydrogen-bond donors (Lipinski definition) is 2. The smallest absolute Gasteiger partial charge is 0.294 e. The molecule has 0 amide bonds. The van der Waals surface area contributed by atoms with Crippen molar-refractivity contribution in [1.29, 1.82) is 0 Å². The molecule has 6 rings (SSSR count). The first-order valence-electron chi connectivity index (χ1n) is 14.2. The van der Waals surface area contributed by atoms with Gasteiger partial charge in [-0.15, -0.1) is 6.58 Å². The van der Waals surface area contributed by atoms with E-state index >= 15 is 0 Å². The summed E-state index contributed by atoms with van der Waals surface area (Å²) in [5.41, 5.74) is 3.10. The van der Waals surface area contributed by atoms with Gasteiger partial charge in [0.25, 0.3) is 10.1 Å². The number of allylic oxidation sites excluding steroid dienone is 1. The van der Waals surface area contributed by atoms with Crippen molar-refractivity contribution in [3.05, 3.63) is 112 Å². The number of quaternary nitrogens is 1. The van der Waals surface area contributed by atoms with Crippen LogP contribution in [0, 0.1) is 24.1 Å². The summed E-state index contributed by atoms with van der Waals surface area (Å²) < 4.78 is 50.7. The molecule has 0 bridgehead atoms. The van der Waals surface area contributed by atoms with Crippen LogP contribution in [0.15, 0.2) is 84.3 Å². The van der Waals surface area contributed by atoms with E-state index in [-0.39, 0.29) is 39.3 Å². The minimum Gasteiger partial charge on any atom is -0.323 e. The number of nitrogens with one attached hydrogen (secondary N) is 1. The Hall–Kier alpha value is -2.26. The first kappa shape index (κ1) is 31.2. The number of aryl methyl sites for hydroxylation is 1. The van der Waals surface area contributed by atoms with Gasteiger partial charge in [-0.3, -0.25) is 9.45 Å². The maximum Gasteiger partial charge on any atom is 0.294 e. The van der Waals surface area contributed by atoms with Gasteiger partial charge in [-0.2, -0.15) is 8.42 Å². The number of halogens is 3. The minimum atomic E-state index is -4.02. The van der Waals surface area contributed by atoms with Crippen molar-refractivity contribution in [3.8, 4) is 0 Å². The number of piperidine rings is 1. The van der Waals surface area contributed by atoms with Gasteiger partial charge in [0.1, 0.15) is 24.5 Å². The number of rotatable bonds is 6. The van der Waals surface area contributed by atoms with Gasteiger partial charge in [-0.1, -0.05) is 72.1 Å². The summed E-state index contributed by atoms with van der Waals surface area (Å²) in [6.45, 7) is 8.98. The summed E-state index contributed by atoms with van der Waals surface area (Å²) in [6, 6.07) is 20.0. The van der Waals surface area contributed by atoms with E-state index in [1.54, 1.807) is 24.3 Å². The van der Waals surface area contributed by atoms with Gasteiger partial charge in [0.05, 0.1) is 15.3 Å². The molecule has 0 spiro atoms. The molecule has 2 heterocycles. The van der Waals surface area contributed by atoms with E-state index in [0.29, 0.717) is 12.0 Å². The molecule has 224 valence electrons. The average molecular weight is 634 g/mol. The molecule has 2 unspecified atom stereocenters. The van der Waals surface area contributed by atoms with Gasteiger partial charge in [0.15, 0.2) is 6.23 Å². The molecule has 0 radical (unpaired) electrons. The van der Waals surface area contributed by atoms with Crippen molar-refractivity contribution >= 4 is 33.3 Å². The Morgan fingerprint density at radius 2 is 1.81 bits per heavy atom. The third kappa shape index (κ3) is 6.62. The Kier molecular flexibility index (Phi) is 9.19. The number of ether oxygens (including phenoxy) is 1. The molecule has 0 aromatic heterocycles. The van der Waals surface area contributed by atoms with E-state index in [2.05, 4.69) is 25.6 Å². The predicted octanol–water partition coefficient (Wildman–Crippen LogP) is 7.21. The van der Waals surface area contributed by atoms with Crippen molar-refractivity contribution < 1.29 is 27.0 Å². The highest BCUT2D eigenvalue weighted by molar-refractivity contribution is 7.85. The van der Waals surface area contributed by atoms with Gasteiger partial charge in [-0.05, 0) is 74.6 Å². The molecule has 5 nitrogen and oxygen atoms in total. The van der Waals surface area contributed by atoms with Gasteiger partial charge < -0.3 is 4.74 Å². The first-order valence-corrected chi connectivity index (χ1v) is 16.4. The number of fused-ring (bicyclic) bond motifs is 1. The summed E-state index contributed by atoms with van der Waals surface area (Å²) >= 11 is 12.5. The SMILES string of the molecule is C=CC[C@@]1(C)C[C@H](c2cccc(Cl)c2)[C@@H](c2ccc(Cl)c(F)c2)[NH+]2C1OC[C@@H]2C1CC1.Cc1ccc(S(=O)(=O)O)cc1. The van der Waals surface area contributed by atoms with E-state index in [4.69, 9.17) is 32.5 Å². The average Bonchev–Trinajstić information content (AvgIpc) is 3.68. The largest absolute Gasteiger partial charge is 0.323 e. The van der Waals surface area contributed by atoms with Crippen molar-refractivity contribution in [2.45, 2.75) is 68.7 Å². The maximum absolute atomic E-state index is 14.6. The van der Waals surface area contributed by atoms with E-state index in [1.165, 1.54) is 35.4 Å². The Labute approximate surface area is 258 Å². The zero-order valence-corrected chi connectivity index (χ0v) is 26.1. The molecular formula is C33H37Cl2FNO4S+. The van der Waals surface area contributed by atoms with Crippen LogP contribution in [0.25, 0.3) is 0 Å². The predicted molar refractivity (Wildman–Crippen MR) is 164 cm³/mol. The van der Waals surface area contributed by atoms with Crippen molar-refractivity contribution in [2.24, 2.45) is 11.3 Å². The van der Waals surface area contributed by atoms with Crippen LogP contribution in [0.3, 0.4) is 0 Å². The van der Waals surface area contributed by atoms with Gasteiger partial charge in [0.2, 0.25) is 0 Å². The number of benzene rings is 3. The second-order valence-electron chi connectivity index (χ2n) is 12.1. The lowest BCUT2D eigenvalue weighted by molar-refractivity contribution is -0.992. The fourth-order valence-corrected chi connectivity index (χ4v) is 7.66. The third-order valence-corrected chi connectivity index (χ3v) is 10.4. The molecule has 3 aliphatic rings. The van der Waals surface area contributed by atoms with Crippen LogP contribution in [0.1, 0.15) is 61.3 Å². The summed E-state index contributed by atoms with van der Waals surface area (Å²) in [6.07, 6.45) is 6.41. The van der Waals surface area contributed by atoms with Crippen LogP contribution in [-0.2, 0) is 14.9 Å². The molecule has 3 fully saturated rings. The summed E-state index contributed by atoms with van der Waals surface area (Å²) in [5.74, 6) is 0.520. The monoisotopic (exact) mass is 632 g/mol. The Balaban J connectivity index is 0.000000271. The zero-order valence-electron chi connectivity index (χ0n) is 23.8. The zero-order chi connectivity index (χ0) is 30.2. The summed E-state index contributed by atoms with van der Waals surface area (Å²) in [5, 5.41) is 0.899. The van der Waals surface area contributed by atoms with E-state index in [9.17, 15) is 12.8 Å². The maximum atomic E-state index is 14.6. The Bertz CT molecular complexity index is 1550. The molecule has 2 aliphatic heterocycles. The lowest BCUT2D eigenvalue weighted by Gasteiger charge is -2.50. The topological polar surface area (TPSA) is 68.0 Å². The molecule has 3 aromatic rings. The van der Waals surface area contributed by atoms with Crippen LogP contribution >= 0.6 is 23.2 Å². The minimum absolute atomic E-state index is 0.0465. The van der Waals surface area contributed by atoms with Gasteiger partial charge in [-0.25, -0.2) is 4.39 Å². The standard InChI is InChI=1S/C26H28Cl2FNO.C7H8O3S/c1-3-11-26(2)14-20(17-5-4-6-19(27)12-17)24(18-9-10-21(28)22(29)13-18)30-23(16-7-8-16)15-31-25(26)30;1-6-2-4-7(5-3-6)11(8,9)10/h3-6,9-10,12-13,16,20,23-25H,1,7-8,11,14-15H2,2H3;2-5H,1H3,(H,8,9,10)/p+1/t20-,23-,24-,25?,26+;/m1./s1. The van der Waals surface area contributed by atoms with Crippen LogP contribution in [0.2, 0.25) is 10.0 Å². The summed E-state index contributed by atoms with van der Waals surface area (Å²) in [7, 11) is -4.02. The molecule has 2 N–H and O–H groups in total. The molecule has 1 aliphatic carbocycles. The highest BCUT2D eigenvalue weighted by Gasteiger charge is 2.61. The van der Waals surface area contributed by atoms with Gasteiger partial charge in [0, 0.05) is 22.4 Å². The van der Waals surface area contributed by atoms with Crippen molar-refractivity contribution in [2.75, 3.05) is 6.61 Å². The molecule has 2 saturated heterocycles. The highest BCUT2D eigenvalue weighted by atomic mass is 35.5. The molecule has 1 saturated carbocycles. The lowest BCUT2D eigenvalue weighted by Crippen LogP contribution is -3.20. The second kappa shape index (κ2) is 12.4. The molecule has 3 aromatic carbocycles. The van der Waals surface area contributed by atoms with Crippen LogP contribution < -0.4 is 4.90 Å². The normalized spacial score (nSPS) is 28.9. The fraction of sp³-hybridized carbons (Fsp3) is 0.394.